The van der Waals surface area contributed by atoms with E-state index in [4.69, 9.17) is 5.11 Å². The molecule has 18 heavy (non-hydrogen) atoms. The Labute approximate surface area is 111 Å². The van der Waals surface area contributed by atoms with Crippen molar-refractivity contribution >= 4 is 23.8 Å². The summed E-state index contributed by atoms with van der Waals surface area (Å²) in [5, 5.41) is 12.5. The monoisotopic (exact) mass is 272 g/mol. The summed E-state index contributed by atoms with van der Waals surface area (Å²) in [4.78, 5) is 24.5. The second-order valence-electron chi connectivity index (χ2n) is 5.15. The average Bonchev–Trinajstić information content (AvgIpc) is 2.94. The largest absolute Gasteiger partial charge is 0.481 e. The molecule has 2 rings (SSSR count). The van der Waals surface area contributed by atoms with Crippen molar-refractivity contribution in [3.8, 4) is 0 Å². The Morgan fingerprint density at radius 1 is 1.44 bits per heavy atom. The molecule has 5 nitrogen and oxygen atoms in total. The van der Waals surface area contributed by atoms with E-state index in [9.17, 15) is 9.59 Å². The van der Waals surface area contributed by atoms with Crippen LogP contribution in [0.25, 0.3) is 0 Å². The molecule has 2 heterocycles. The first-order valence-electron chi connectivity index (χ1n) is 6.45. The van der Waals surface area contributed by atoms with Crippen LogP contribution in [0.3, 0.4) is 0 Å². The summed E-state index contributed by atoms with van der Waals surface area (Å²) in [5.41, 5.74) is 0. The van der Waals surface area contributed by atoms with Gasteiger partial charge >= 0.3 is 12.0 Å². The van der Waals surface area contributed by atoms with E-state index in [1.807, 2.05) is 18.7 Å². The van der Waals surface area contributed by atoms with Gasteiger partial charge in [0.15, 0.2) is 0 Å². The van der Waals surface area contributed by atoms with E-state index in [1.54, 1.807) is 4.90 Å². The second-order valence-corrected chi connectivity index (χ2v) is 6.56. The number of nitrogens with one attached hydrogen (secondary N) is 1. The minimum Gasteiger partial charge on any atom is -0.481 e. The smallest absolute Gasteiger partial charge is 0.317 e. The van der Waals surface area contributed by atoms with Gasteiger partial charge in [0.05, 0.1) is 5.92 Å². The van der Waals surface area contributed by atoms with E-state index in [2.05, 4.69) is 5.32 Å². The first-order chi connectivity index (χ1) is 8.58. The lowest BCUT2D eigenvalue weighted by Crippen LogP contribution is -2.41. The van der Waals surface area contributed by atoms with Gasteiger partial charge in [0.2, 0.25) is 0 Å². The van der Waals surface area contributed by atoms with E-state index in [0.717, 1.165) is 0 Å². The third-order valence-electron chi connectivity index (χ3n) is 3.72. The Hall–Kier alpha value is -0.910. The molecule has 0 bridgehead atoms. The van der Waals surface area contributed by atoms with Gasteiger partial charge in [-0.1, -0.05) is 6.92 Å². The van der Waals surface area contributed by atoms with E-state index in [-0.39, 0.29) is 11.9 Å². The van der Waals surface area contributed by atoms with Crippen LogP contribution in [0.2, 0.25) is 0 Å². The minimum atomic E-state index is -0.802. The van der Waals surface area contributed by atoms with Crippen LogP contribution < -0.4 is 5.32 Å². The maximum Gasteiger partial charge on any atom is 0.317 e. The molecule has 1 unspecified atom stereocenters. The van der Waals surface area contributed by atoms with Crippen molar-refractivity contribution < 1.29 is 14.7 Å². The number of rotatable bonds is 3. The number of aliphatic carboxylic acids is 1. The van der Waals surface area contributed by atoms with Crippen LogP contribution >= 0.6 is 11.8 Å². The molecule has 0 aromatic rings. The average molecular weight is 272 g/mol. The lowest BCUT2D eigenvalue weighted by molar-refractivity contribution is -0.142. The van der Waals surface area contributed by atoms with E-state index in [0.29, 0.717) is 24.9 Å². The molecular weight excluding hydrogens is 252 g/mol. The van der Waals surface area contributed by atoms with Crippen molar-refractivity contribution in [3.63, 3.8) is 0 Å². The standard InChI is InChI=1S/C12H20N2O3S/c1-8-6-14(7-10(8)11(15)16)12(17)13-5-9-3-2-4-18-9/h8-10H,2-7H2,1H3,(H,13,17)(H,15,16)/t8-,9?,10-/m1/s1. The van der Waals surface area contributed by atoms with E-state index in [1.165, 1.54) is 18.6 Å². The van der Waals surface area contributed by atoms with Gasteiger partial charge in [-0.2, -0.15) is 11.8 Å². The number of thioether (sulfide) groups is 1. The van der Waals surface area contributed by atoms with Gasteiger partial charge in [-0.15, -0.1) is 0 Å². The Morgan fingerprint density at radius 2 is 2.22 bits per heavy atom. The van der Waals surface area contributed by atoms with Gasteiger partial charge in [0.25, 0.3) is 0 Å². The molecule has 102 valence electrons. The predicted octanol–water partition coefficient (Wildman–Crippen LogP) is 1.24. The number of amides is 2. The number of carbonyl (C=O) groups is 2. The topological polar surface area (TPSA) is 69.6 Å². The molecule has 2 amide bonds. The van der Waals surface area contributed by atoms with Crippen molar-refractivity contribution in [1.82, 2.24) is 10.2 Å². The number of hydrogen-bond donors (Lipinski definition) is 2. The molecule has 2 fully saturated rings. The molecule has 6 heteroatoms. The number of carbonyl (C=O) groups excluding carboxylic acids is 1. The summed E-state index contributed by atoms with van der Waals surface area (Å²) < 4.78 is 0. The summed E-state index contributed by atoms with van der Waals surface area (Å²) in [7, 11) is 0. The fraction of sp³-hybridized carbons (Fsp3) is 0.833. The lowest BCUT2D eigenvalue weighted by Gasteiger charge is -2.18. The zero-order valence-electron chi connectivity index (χ0n) is 10.6. The van der Waals surface area contributed by atoms with Crippen LogP contribution in [0.1, 0.15) is 19.8 Å². The Balaban J connectivity index is 1.77. The highest BCUT2D eigenvalue weighted by Crippen LogP contribution is 2.26. The molecule has 3 atom stereocenters. The summed E-state index contributed by atoms with van der Waals surface area (Å²) in [6.07, 6.45) is 2.39. The van der Waals surface area contributed by atoms with Gasteiger partial charge in [0, 0.05) is 24.9 Å². The second kappa shape index (κ2) is 5.82. The molecule has 0 aromatic carbocycles. The maximum absolute atomic E-state index is 11.9. The molecule has 0 aromatic heterocycles. The number of carboxylic acids is 1. The van der Waals surface area contributed by atoms with Crippen LogP contribution in [0.5, 0.6) is 0 Å². The number of hydrogen-bond acceptors (Lipinski definition) is 3. The Bertz CT molecular complexity index is 331. The molecule has 0 saturated carbocycles. The fourth-order valence-electron chi connectivity index (χ4n) is 2.57. The lowest BCUT2D eigenvalue weighted by atomic mass is 9.99. The quantitative estimate of drug-likeness (QED) is 0.811. The summed E-state index contributed by atoms with van der Waals surface area (Å²) >= 11 is 1.91. The molecule has 2 aliphatic rings. The van der Waals surface area contributed by atoms with Crippen molar-refractivity contribution in [2.45, 2.75) is 25.0 Å². The van der Waals surface area contributed by atoms with Gasteiger partial charge in [-0.05, 0) is 24.5 Å². The van der Waals surface area contributed by atoms with E-state index >= 15 is 0 Å². The summed E-state index contributed by atoms with van der Waals surface area (Å²) in [6, 6.07) is -0.113. The van der Waals surface area contributed by atoms with E-state index < -0.39 is 11.9 Å². The normalized spacial score (nSPS) is 31.6. The molecule has 0 aliphatic carbocycles. The van der Waals surface area contributed by atoms with Crippen LogP contribution in [0.15, 0.2) is 0 Å². The summed E-state index contributed by atoms with van der Waals surface area (Å²) in [5.74, 6) is -0.00240. The Morgan fingerprint density at radius 3 is 2.78 bits per heavy atom. The van der Waals surface area contributed by atoms with Crippen molar-refractivity contribution in [1.29, 1.82) is 0 Å². The molecule has 0 spiro atoms. The number of likely N-dealkylation sites (tertiary alicyclic amines) is 1. The molecule has 0 radical (unpaired) electrons. The molecule has 2 aliphatic heterocycles. The molecular formula is C12H20N2O3S. The Kier molecular flexibility index (Phi) is 4.37. The summed E-state index contributed by atoms with van der Waals surface area (Å²) in [6.45, 7) is 3.46. The first-order valence-corrected chi connectivity index (χ1v) is 7.50. The van der Waals surface area contributed by atoms with Crippen molar-refractivity contribution in [2.24, 2.45) is 11.8 Å². The zero-order chi connectivity index (χ0) is 13.1. The highest BCUT2D eigenvalue weighted by molar-refractivity contribution is 8.00. The van der Waals surface area contributed by atoms with Gasteiger partial charge < -0.3 is 15.3 Å². The van der Waals surface area contributed by atoms with Crippen LogP contribution in [-0.4, -0.2) is 52.6 Å². The molecule has 2 saturated heterocycles. The van der Waals surface area contributed by atoms with Crippen LogP contribution in [0.4, 0.5) is 4.79 Å². The predicted molar refractivity (Wildman–Crippen MR) is 70.7 cm³/mol. The van der Waals surface area contributed by atoms with Crippen molar-refractivity contribution in [3.05, 3.63) is 0 Å². The fourth-order valence-corrected chi connectivity index (χ4v) is 3.77. The van der Waals surface area contributed by atoms with Crippen LogP contribution in [0, 0.1) is 11.8 Å². The van der Waals surface area contributed by atoms with Crippen LogP contribution in [-0.2, 0) is 4.79 Å². The number of carboxylic acid groups (broad SMARTS) is 1. The first kappa shape index (κ1) is 13.5. The van der Waals surface area contributed by atoms with Gasteiger partial charge in [0.1, 0.15) is 0 Å². The SMILES string of the molecule is C[C@@H]1CN(C(=O)NCC2CCCS2)C[C@H]1C(=O)O. The van der Waals surface area contributed by atoms with Gasteiger partial charge in [-0.25, -0.2) is 4.79 Å². The van der Waals surface area contributed by atoms with Crippen molar-refractivity contribution in [2.75, 3.05) is 25.4 Å². The number of nitrogens with zero attached hydrogens (tertiary/aromatic N) is 1. The maximum atomic E-state index is 11.9. The highest BCUT2D eigenvalue weighted by Gasteiger charge is 2.37. The highest BCUT2D eigenvalue weighted by atomic mass is 32.2. The minimum absolute atomic E-state index is 0.0362. The number of urea groups is 1. The van der Waals surface area contributed by atoms with Gasteiger partial charge in [-0.3, -0.25) is 4.79 Å². The third kappa shape index (κ3) is 3.10. The third-order valence-corrected chi connectivity index (χ3v) is 5.12. The molecule has 2 N–H and O–H groups in total. The zero-order valence-corrected chi connectivity index (χ0v) is 11.4.